The van der Waals surface area contributed by atoms with E-state index in [0.717, 1.165) is 32.5 Å². The Labute approximate surface area is 144 Å². The Morgan fingerprint density at radius 2 is 1.79 bits per heavy atom. The molecule has 0 amide bonds. The van der Waals surface area contributed by atoms with Gasteiger partial charge in [0.2, 0.25) is 6.41 Å². The zero-order valence-electron chi connectivity index (χ0n) is 14.8. The molecule has 0 radical (unpaired) electrons. The standard InChI is InChI=1S/C19H27N3O2/c1-19(2,3)24-18(23)22-16-8-9-17(22)13-21(12-16)11-15-6-4-14(10-20)5-7-15/h4-7,16-18,23H,8-9,11-13H2,1-3H3. The average molecular weight is 329 g/mol. The first-order valence-electron chi connectivity index (χ1n) is 8.70. The summed E-state index contributed by atoms with van der Waals surface area (Å²) < 4.78 is 5.77. The maximum Gasteiger partial charge on any atom is 0.217 e. The topological polar surface area (TPSA) is 59.7 Å². The van der Waals surface area contributed by atoms with E-state index in [4.69, 9.17) is 10.00 Å². The van der Waals surface area contributed by atoms with Crippen molar-refractivity contribution >= 4 is 0 Å². The van der Waals surface area contributed by atoms with Gasteiger partial charge in [-0.15, -0.1) is 0 Å². The lowest BCUT2D eigenvalue weighted by Gasteiger charge is -2.44. The number of aliphatic hydroxyl groups is 1. The van der Waals surface area contributed by atoms with E-state index < -0.39 is 6.41 Å². The molecule has 0 aromatic heterocycles. The second-order valence-corrected chi connectivity index (χ2v) is 7.89. The molecule has 2 bridgehead atoms. The van der Waals surface area contributed by atoms with Crippen LogP contribution in [0.5, 0.6) is 0 Å². The highest BCUT2D eigenvalue weighted by atomic mass is 16.6. The predicted molar refractivity (Wildman–Crippen MR) is 91.9 cm³/mol. The minimum absolute atomic E-state index is 0.347. The van der Waals surface area contributed by atoms with Crippen molar-refractivity contribution in [2.45, 2.75) is 64.3 Å². The Kier molecular flexibility index (Phi) is 4.93. The Balaban J connectivity index is 1.61. The predicted octanol–water partition coefficient (Wildman–Crippen LogP) is 2.30. The molecule has 2 aliphatic heterocycles. The number of likely N-dealkylation sites (tertiary alicyclic amines) is 1. The average Bonchev–Trinajstić information content (AvgIpc) is 2.78. The van der Waals surface area contributed by atoms with Crippen molar-refractivity contribution in [2.75, 3.05) is 13.1 Å². The van der Waals surface area contributed by atoms with Gasteiger partial charge < -0.3 is 9.84 Å². The lowest BCUT2D eigenvalue weighted by Crippen LogP contribution is -2.58. The molecule has 5 heteroatoms. The van der Waals surface area contributed by atoms with E-state index in [1.165, 1.54) is 5.56 Å². The molecule has 5 nitrogen and oxygen atoms in total. The van der Waals surface area contributed by atoms with Crippen LogP contribution >= 0.6 is 0 Å². The second kappa shape index (κ2) is 6.81. The van der Waals surface area contributed by atoms with Gasteiger partial charge in [0, 0.05) is 31.7 Å². The van der Waals surface area contributed by atoms with Gasteiger partial charge in [-0.3, -0.25) is 4.90 Å². The lowest BCUT2D eigenvalue weighted by atomic mass is 10.1. The van der Waals surface area contributed by atoms with Gasteiger partial charge in [0.25, 0.3) is 0 Å². The first kappa shape index (κ1) is 17.4. The Hall–Kier alpha value is -1.45. The van der Waals surface area contributed by atoms with Gasteiger partial charge in [0.15, 0.2) is 0 Å². The summed E-state index contributed by atoms with van der Waals surface area (Å²) in [7, 11) is 0. The highest BCUT2D eigenvalue weighted by Crippen LogP contribution is 2.33. The summed E-state index contributed by atoms with van der Waals surface area (Å²) in [5.41, 5.74) is 1.58. The molecule has 0 saturated carbocycles. The second-order valence-electron chi connectivity index (χ2n) is 7.89. The van der Waals surface area contributed by atoms with Gasteiger partial charge in [0.05, 0.1) is 17.2 Å². The largest absolute Gasteiger partial charge is 0.356 e. The van der Waals surface area contributed by atoms with Crippen LogP contribution in [-0.4, -0.2) is 52.1 Å². The zero-order valence-corrected chi connectivity index (χ0v) is 14.8. The minimum Gasteiger partial charge on any atom is -0.356 e. The van der Waals surface area contributed by atoms with Gasteiger partial charge in [-0.2, -0.15) is 5.26 Å². The van der Waals surface area contributed by atoms with Crippen LogP contribution in [0.25, 0.3) is 0 Å². The van der Waals surface area contributed by atoms with E-state index in [9.17, 15) is 5.11 Å². The molecule has 2 saturated heterocycles. The fourth-order valence-electron chi connectivity index (χ4n) is 3.83. The molecule has 3 rings (SSSR count). The number of piperazine rings is 1. The Bertz CT molecular complexity index is 589. The molecule has 3 atom stereocenters. The fraction of sp³-hybridized carbons (Fsp3) is 0.632. The molecule has 0 aliphatic carbocycles. The van der Waals surface area contributed by atoms with Gasteiger partial charge >= 0.3 is 0 Å². The Morgan fingerprint density at radius 1 is 1.21 bits per heavy atom. The van der Waals surface area contributed by atoms with E-state index in [-0.39, 0.29) is 5.60 Å². The Morgan fingerprint density at radius 3 is 2.29 bits per heavy atom. The van der Waals surface area contributed by atoms with E-state index in [0.29, 0.717) is 17.6 Å². The number of hydrogen-bond acceptors (Lipinski definition) is 5. The smallest absolute Gasteiger partial charge is 0.217 e. The third-order valence-electron chi connectivity index (χ3n) is 4.82. The molecule has 0 spiro atoms. The van der Waals surface area contributed by atoms with Crippen LogP contribution in [0.4, 0.5) is 0 Å². The van der Waals surface area contributed by atoms with E-state index >= 15 is 0 Å². The number of hydrogen-bond donors (Lipinski definition) is 1. The zero-order chi connectivity index (χ0) is 17.3. The molecular weight excluding hydrogens is 302 g/mol. The van der Waals surface area contributed by atoms with Crippen molar-refractivity contribution < 1.29 is 9.84 Å². The number of rotatable bonds is 4. The first-order valence-corrected chi connectivity index (χ1v) is 8.70. The summed E-state index contributed by atoms with van der Waals surface area (Å²) in [6.45, 7) is 8.70. The molecule has 1 aromatic rings. The van der Waals surface area contributed by atoms with Crippen LogP contribution in [0.15, 0.2) is 24.3 Å². The van der Waals surface area contributed by atoms with Crippen LogP contribution < -0.4 is 0 Å². The van der Waals surface area contributed by atoms with Crippen molar-refractivity contribution in [3.8, 4) is 6.07 Å². The van der Waals surface area contributed by atoms with Crippen molar-refractivity contribution in [3.63, 3.8) is 0 Å². The molecule has 1 aromatic carbocycles. The molecular formula is C19H27N3O2. The highest BCUT2D eigenvalue weighted by Gasteiger charge is 2.44. The molecule has 3 unspecified atom stereocenters. The number of benzene rings is 1. The van der Waals surface area contributed by atoms with Gasteiger partial charge in [0.1, 0.15) is 0 Å². The normalized spacial score (nSPS) is 26.3. The monoisotopic (exact) mass is 329 g/mol. The quantitative estimate of drug-likeness (QED) is 0.859. The number of fused-ring (bicyclic) bond motifs is 2. The van der Waals surface area contributed by atoms with E-state index in [2.05, 4.69) is 15.9 Å². The van der Waals surface area contributed by atoms with Crippen molar-refractivity contribution in [2.24, 2.45) is 0 Å². The molecule has 1 N–H and O–H groups in total. The minimum atomic E-state index is -0.820. The first-order chi connectivity index (χ1) is 11.4. The molecule has 2 fully saturated rings. The van der Waals surface area contributed by atoms with E-state index in [1.54, 1.807) is 0 Å². The lowest BCUT2D eigenvalue weighted by molar-refractivity contribution is -0.258. The van der Waals surface area contributed by atoms with Gasteiger partial charge in [-0.1, -0.05) is 12.1 Å². The van der Waals surface area contributed by atoms with Crippen LogP contribution in [0, 0.1) is 11.3 Å². The van der Waals surface area contributed by atoms with Crippen molar-refractivity contribution in [1.82, 2.24) is 9.80 Å². The summed E-state index contributed by atoms with van der Waals surface area (Å²) in [5, 5.41) is 19.4. The third kappa shape index (κ3) is 3.96. The number of ether oxygens (including phenoxy) is 1. The van der Waals surface area contributed by atoms with Crippen LogP contribution in [0.2, 0.25) is 0 Å². The number of aliphatic hydroxyl groups excluding tert-OH is 1. The third-order valence-corrected chi connectivity index (χ3v) is 4.82. The SMILES string of the molecule is CC(C)(C)OC(O)N1C2CCC1CN(Cc1ccc(C#N)cc1)C2. The summed E-state index contributed by atoms with van der Waals surface area (Å²) in [6.07, 6.45) is 1.40. The van der Waals surface area contributed by atoms with Gasteiger partial charge in [-0.05, 0) is 51.3 Å². The molecule has 130 valence electrons. The summed E-state index contributed by atoms with van der Waals surface area (Å²) in [6, 6.07) is 10.7. The van der Waals surface area contributed by atoms with Crippen molar-refractivity contribution in [1.29, 1.82) is 5.26 Å². The highest BCUT2D eigenvalue weighted by molar-refractivity contribution is 5.31. The summed E-state index contributed by atoms with van der Waals surface area (Å²) >= 11 is 0. The van der Waals surface area contributed by atoms with Crippen LogP contribution in [0.3, 0.4) is 0 Å². The van der Waals surface area contributed by atoms with Crippen molar-refractivity contribution in [3.05, 3.63) is 35.4 Å². The van der Waals surface area contributed by atoms with Crippen LogP contribution in [-0.2, 0) is 11.3 Å². The van der Waals surface area contributed by atoms with E-state index in [1.807, 2.05) is 45.0 Å². The molecule has 2 aliphatic rings. The fourth-order valence-corrected chi connectivity index (χ4v) is 3.83. The maximum absolute atomic E-state index is 10.5. The number of nitrogens with zero attached hydrogens (tertiary/aromatic N) is 3. The van der Waals surface area contributed by atoms with Crippen LogP contribution in [0.1, 0.15) is 44.7 Å². The maximum atomic E-state index is 10.5. The molecule has 2 heterocycles. The summed E-state index contributed by atoms with van der Waals surface area (Å²) in [4.78, 5) is 4.60. The van der Waals surface area contributed by atoms with Gasteiger partial charge in [-0.25, -0.2) is 4.90 Å². The number of nitriles is 1. The summed E-state index contributed by atoms with van der Waals surface area (Å²) in [5.74, 6) is 0. The molecule has 24 heavy (non-hydrogen) atoms.